The summed E-state index contributed by atoms with van der Waals surface area (Å²) in [7, 11) is 0. The quantitative estimate of drug-likeness (QED) is 0.699. The van der Waals surface area contributed by atoms with E-state index in [4.69, 9.17) is 6.42 Å². The van der Waals surface area contributed by atoms with Crippen molar-refractivity contribution in [2.24, 2.45) is 0 Å². The van der Waals surface area contributed by atoms with Gasteiger partial charge in [-0.25, -0.2) is 0 Å². The van der Waals surface area contributed by atoms with E-state index in [9.17, 15) is 4.79 Å². The summed E-state index contributed by atoms with van der Waals surface area (Å²) < 4.78 is 0. The van der Waals surface area contributed by atoms with Crippen LogP contribution >= 0.6 is 0 Å². The molecule has 1 aromatic heterocycles. The molecule has 3 heteroatoms. The fraction of sp³-hybridized carbons (Fsp3) is 0.385. The fourth-order valence-electron chi connectivity index (χ4n) is 1.46. The van der Waals surface area contributed by atoms with Crippen molar-refractivity contribution in [3.63, 3.8) is 0 Å². The molecular formula is C13H16N2O. The van der Waals surface area contributed by atoms with Crippen LogP contribution in [0.1, 0.15) is 18.9 Å². The Balaban J connectivity index is 2.59. The molecule has 1 rings (SSSR count). The van der Waals surface area contributed by atoms with Gasteiger partial charge in [0.25, 0.3) is 0 Å². The number of amides is 1. The van der Waals surface area contributed by atoms with E-state index in [1.807, 2.05) is 19.1 Å². The SMILES string of the molecule is C#CCN(CCC)C(=O)Cc1cccnc1. The molecule has 0 radical (unpaired) electrons. The van der Waals surface area contributed by atoms with Crippen LogP contribution in [-0.2, 0) is 11.2 Å². The maximum Gasteiger partial charge on any atom is 0.227 e. The van der Waals surface area contributed by atoms with Crippen molar-refractivity contribution >= 4 is 5.91 Å². The summed E-state index contributed by atoms with van der Waals surface area (Å²) >= 11 is 0. The zero-order valence-corrected chi connectivity index (χ0v) is 9.52. The molecule has 0 saturated carbocycles. The second-order valence-corrected chi connectivity index (χ2v) is 3.56. The Bertz CT molecular complexity index is 367. The molecule has 0 N–H and O–H groups in total. The Labute approximate surface area is 96.5 Å². The maximum atomic E-state index is 11.9. The van der Waals surface area contributed by atoms with Crippen LogP contribution in [0.3, 0.4) is 0 Å². The second-order valence-electron chi connectivity index (χ2n) is 3.56. The van der Waals surface area contributed by atoms with E-state index in [1.165, 1.54) is 0 Å². The van der Waals surface area contributed by atoms with Crippen LogP contribution in [0.15, 0.2) is 24.5 Å². The molecule has 0 unspecified atom stereocenters. The highest BCUT2D eigenvalue weighted by Crippen LogP contribution is 2.01. The predicted octanol–water partition coefficient (Wildman–Crippen LogP) is 1.50. The van der Waals surface area contributed by atoms with Gasteiger partial charge in [-0.05, 0) is 18.1 Å². The third-order valence-corrected chi connectivity index (χ3v) is 2.21. The first-order valence-corrected chi connectivity index (χ1v) is 5.38. The first kappa shape index (κ1) is 12.3. The number of pyridine rings is 1. The van der Waals surface area contributed by atoms with Gasteiger partial charge >= 0.3 is 0 Å². The van der Waals surface area contributed by atoms with Crippen LogP contribution in [0.25, 0.3) is 0 Å². The lowest BCUT2D eigenvalue weighted by molar-refractivity contribution is -0.129. The average molecular weight is 216 g/mol. The summed E-state index contributed by atoms with van der Waals surface area (Å²) in [5.41, 5.74) is 0.922. The lowest BCUT2D eigenvalue weighted by Crippen LogP contribution is -2.33. The van der Waals surface area contributed by atoms with E-state index in [2.05, 4.69) is 10.9 Å². The number of aromatic nitrogens is 1. The maximum absolute atomic E-state index is 11.9. The van der Waals surface area contributed by atoms with E-state index in [0.29, 0.717) is 19.5 Å². The second kappa shape index (κ2) is 6.62. The summed E-state index contributed by atoms with van der Waals surface area (Å²) in [5, 5.41) is 0. The highest BCUT2D eigenvalue weighted by Gasteiger charge is 2.11. The van der Waals surface area contributed by atoms with Gasteiger partial charge in [-0.15, -0.1) is 6.42 Å². The van der Waals surface area contributed by atoms with Crippen molar-refractivity contribution in [1.82, 2.24) is 9.88 Å². The molecule has 0 saturated heterocycles. The van der Waals surface area contributed by atoms with Crippen LogP contribution in [0.4, 0.5) is 0 Å². The number of rotatable bonds is 5. The van der Waals surface area contributed by atoms with Crippen LogP contribution in [0.2, 0.25) is 0 Å². The third-order valence-electron chi connectivity index (χ3n) is 2.21. The molecule has 1 amide bonds. The summed E-state index contributed by atoms with van der Waals surface area (Å²) in [4.78, 5) is 17.6. The molecule has 0 aromatic carbocycles. The van der Waals surface area contributed by atoms with E-state index >= 15 is 0 Å². The van der Waals surface area contributed by atoms with Gasteiger partial charge in [0, 0.05) is 18.9 Å². The number of hydrogen-bond acceptors (Lipinski definition) is 2. The Morgan fingerprint density at radius 1 is 1.62 bits per heavy atom. The normalized spacial score (nSPS) is 9.50. The molecule has 0 aliphatic rings. The van der Waals surface area contributed by atoms with Crippen molar-refractivity contribution in [3.05, 3.63) is 30.1 Å². The van der Waals surface area contributed by atoms with Gasteiger partial charge in [-0.3, -0.25) is 9.78 Å². The lowest BCUT2D eigenvalue weighted by Gasteiger charge is -2.19. The molecule has 0 atom stereocenters. The zero-order valence-electron chi connectivity index (χ0n) is 9.52. The number of nitrogens with zero attached hydrogens (tertiary/aromatic N) is 2. The first-order valence-electron chi connectivity index (χ1n) is 5.38. The topological polar surface area (TPSA) is 33.2 Å². The number of carbonyl (C=O) groups excluding carboxylic acids is 1. The summed E-state index contributed by atoms with van der Waals surface area (Å²) in [5.74, 6) is 2.57. The van der Waals surface area contributed by atoms with Crippen LogP contribution < -0.4 is 0 Å². The monoisotopic (exact) mass is 216 g/mol. The molecule has 0 fully saturated rings. The Morgan fingerprint density at radius 3 is 3.00 bits per heavy atom. The summed E-state index contributed by atoms with van der Waals surface area (Å²) in [6.07, 6.45) is 9.92. The molecule has 0 bridgehead atoms. The summed E-state index contributed by atoms with van der Waals surface area (Å²) in [6.45, 7) is 3.12. The smallest absolute Gasteiger partial charge is 0.227 e. The minimum Gasteiger partial charge on any atom is -0.331 e. The molecule has 3 nitrogen and oxygen atoms in total. The third kappa shape index (κ3) is 3.74. The van der Waals surface area contributed by atoms with Crippen LogP contribution in [-0.4, -0.2) is 28.9 Å². The van der Waals surface area contributed by atoms with Gasteiger partial charge in [0.2, 0.25) is 5.91 Å². The Kier molecular flexibility index (Phi) is 5.07. The van der Waals surface area contributed by atoms with E-state index in [1.54, 1.807) is 17.3 Å². The molecule has 1 heterocycles. The molecule has 0 aliphatic heterocycles. The molecule has 84 valence electrons. The minimum absolute atomic E-state index is 0.0628. The van der Waals surface area contributed by atoms with Crippen molar-refractivity contribution in [1.29, 1.82) is 0 Å². The molecule has 0 aliphatic carbocycles. The van der Waals surface area contributed by atoms with E-state index < -0.39 is 0 Å². The molecule has 0 spiro atoms. The Morgan fingerprint density at radius 2 is 2.44 bits per heavy atom. The highest BCUT2D eigenvalue weighted by atomic mass is 16.2. The van der Waals surface area contributed by atoms with Crippen LogP contribution in [0.5, 0.6) is 0 Å². The van der Waals surface area contributed by atoms with Gasteiger partial charge < -0.3 is 4.90 Å². The Hall–Kier alpha value is -1.82. The zero-order chi connectivity index (χ0) is 11.8. The predicted molar refractivity (Wildman–Crippen MR) is 63.6 cm³/mol. The number of carbonyl (C=O) groups is 1. The molecule has 1 aromatic rings. The van der Waals surface area contributed by atoms with Gasteiger partial charge in [-0.1, -0.05) is 18.9 Å². The van der Waals surface area contributed by atoms with Gasteiger partial charge in [0.05, 0.1) is 13.0 Å². The average Bonchev–Trinajstić information content (AvgIpc) is 2.30. The minimum atomic E-state index is 0.0628. The van der Waals surface area contributed by atoms with Crippen molar-refractivity contribution in [3.8, 4) is 12.3 Å². The van der Waals surface area contributed by atoms with Crippen LogP contribution in [0, 0.1) is 12.3 Å². The fourth-order valence-corrected chi connectivity index (χ4v) is 1.46. The first-order chi connectivity index (χ1) is 7.77. The lowest BCUT2D eigenvalue weighted by atomic mass is 10.2. The number of hydrogen-bond donors (Lipinski definition) is 0. The molecular weight excluding hydrogens is 200 g/mol. The highest BCUT2D eigenvalue weighted by molar-refractivity contribution is 5.78. The van der Waals surface area contributed by atoms with E-state index in [0.717, 1.165) is 12.0 Å². The number of terminal acetylenes is 1. The largest absolute Gasteiger partial charge is 0.331 e. The van der Waals surface area contributed by atoms with E-state index in [-0.39, 0.29) is 5.91 Å². The van der Waals surface area contributed by atoms with Crippen molar-refractivity contribution in [2.45, 2.75) is 19.8 Å². The van der Waals surface area contributed by atoms with Gasteiger partial charge in [0.15, 0.2) is 0 Å². The van der Waals surface area contributed by atoms with Crippen molar-refractivity contribution < 1.29 is 4.79 Å². The molecule has 16 heavy (non-hydrogen) atoms. The van der Waals surface area contributed by atoms with Gasteiger partial charge in [-0.2, -0.15) is 0 Å². The van der Waals surface area contributed by atoms with Crippen molar-refractivity contribution in [2.75, 3.05) is 13.1 Å². The summed E-state index contributed by atoms with van der Waals surface area (Å²) in [6, 6.07) is 3.72. The van der Waals surface area contributed by atoms with Gasteiger partial charge in [0.1, 0.15) is 0 Å². The standard InChI is InChI=1S/C13H16N2O/c1-3-8-15(9-4-2)13(16)10-12-6-5-7-14-11-12/h1,5-7,11H,4,8-10H2,2H3.